The number of rotatable bonds is 14. The van der Waals surface area contributed by atoms with Crippen molar-refractivity contribution in [3.63, 3.8) is 0 Å². The third-order valence-corrected chi connectivity index (χ3v) is 10.5. The minimum absolute atomic E-state index is 0.0895. The summed E-state index contributed by atoms with van der Waals surface area (Å²) in [6.07, 6.45) is 10.6. The Morgan fingerprint density at radius 3 is 2.57 bits per heavy atom. The monoisotopic (exact) mass is 676 g/mol. The molecule has 3 atom stereocenters. The third kappa shape index (κ3) is 8.58. The number of benzene rings is 2. The maximum atomic E-state index is 14.2. The lowest BCUT2D eigenvalue weighted by Crippen LogP contribution is -2.31. The zero-order valence-corrected chi connectivity index (χ0v) is 29.2. The van der Waals surface area contributed by atoms with Gasteiger partial charge in [-0.3, -0.25) is 14.6 Å². The predicted molar refractivity (Wildman–Crippen MR) is 192 cm³/mol. The molecule has 2 aromatic carbocycles. The number of aliphatic hydroxyl groups excluding tert-OH is 1. The van der Waals surface area contributed by atoms with E-state index in [0.29, 0.717) is 47.8 Å². The lowest BCUT2D eigenvalue weighted by molar-refractivity contribution is 0.0734. The summed E-state index contributed by atoms with van der Waals surface area (Å²) in [4.78, 5) is 43.3. The van der Waals surface area contributed by atoms with Crippen LogP contribution in [0.5, 0.6) is 0 Å². The van der Waals surface area contributed by atoms with Crippen molar-refractivity contribution in [2.75, 3.05) is 6.54 Å². The van der Waals surface area contributed by atoms with E-state index in [2.05, 4.69) is 34.9 Å². The van der Waals surface area contributed by atoms with E-state index in [1.54, 1.807) is 35.7 Å². The second kappa shape index (κ2) is 15.8. The number of likely N-dealkylation sites (tertiary alicyclic amines) is 1. The van der Waals surface area contributed by atoms with Gasteiger partial charge in [-0.15, -0.1) is 11.3 Å². The summed E-state index contributed by atoms with van der Waals surface area (Å²) in [5.74, 6) is 0.311. The van der Waals surface area contributed by atoms with E-state index in [1.807, 2.05) is 59.9 Å². The lowest BCUT2D eigenvalue weighted by atomic mass is 9.85. The second-order valence-electron chi connectivity index (χ2n) is 13.5. The van der Waals surface area contributed by atoms with Crippen LogP contribution in [0.1, 0.15) is 106 Å². The average Bonchev–Trinajstić information content (AvgIpc) is 3.91. The zero-order chi connectivity index (χ0) is 34.3. The van der Waals surface area contributed by atoms with E-state index >= 15 is 0 Å². The number of oxazole rings is 1. The molecular weight excluding hydrogens is 633 g/mol. The molecule has 254 valence electrons. The molecule has 5 aromatic rings. The molecule has 1 saturated heterocycles. The molecule has 9 heteroatoms. The van der Waals surface area contributed by atoms with Gasteiger partial charge < -0.3 is 14.4 Å². The van der Waals surface area contributed by atoms with Crippen molar-refractivity contribution in [3.8, 4) is 11.3 Å². The van der Waals surface area contributed by atoms with Gasteiger partial charge in [0.1, 0.15) is 5.01 Å². The van der Waals surface area contributed by atoms with Crippen LogP contribution in [0.25, 0.3) is 11.3 Å². The molecule has 3 aromatic heterocycles. The van der Waals surface area contributed by atoms with Crippen molar-refractivity contribution in [2.45, 2.75) is 83.8 Å². The number of nitrogens with zero attached hydrogens (tertiary/aromatic N) is 4. The van der Waals surface area contributed by atoms with E-state index in [-0.39, 0.29) is 30.1 Å². The smallest absolute Gasteiger partial charge is 0.254 e. The Morgan fingerprint density at radius 2 is 1.84 bits per heavy atom. The standard InChI is InChI=1S/C40H44N4O4S/c1-26(2)34-16-29(21-41-22-34)11-7-13-36(45)30(15-28-9-5-4-6-10-28)20-37(46)31-17-32(38-23-42-25-48-38)19-33(18-31)40(47)44-14-8-12-35(44)39-43-27(3)24-49-39/h4-6,9-10,16-19,21-26,30,35-36,45H,7-8,11-15,20H2,1-3H3/t30-,35-,36-/m1/s1. The van der Waals surface area contributed by atoms with Crippen LogP contribution in [-0.2, 0) is 12.8 Å². The number of amides is 1. The largest absolute Gasteiger partial charge is 0.444 e. The van der Waals surface area contributed by atoms with E-state index in [9.17, 15) is 14.7 Å². The Kier molecular flexibility index (Phi) is 11.1. The van der Waals surface area contributed by atoms with Crippen molar-refractivity contribution in [3.05, 3.63) is 123 Å². The Balaban J connectivity index is 1.23. The highest BCUT2D eigenvalue weighted by Crippen LogP contribution is 2.36. The van der Waals surface area contributed by atoms with Gasteiger partial charge in [-0.05, 0) is 92.2 Å². The SMILES string of the molecule is Cc1csc([C@H]2CCCN2C(=O)c2cc(C(=O)C[C@@H](Cc3ccccc3)[C@H](O)CCCc3cncc(C(C)C)c3)cc(-c3cnco3)c2)n1. The molecule has 4 heterocycles. The van der Waals surface area contributed by atoms with Gasteiger partial charge >= 0.3 is 0 Å². The van der Waals surface area contributed by atoms with Crippen LogP contribution in [0.2, 0.25) is 0 Å². The Bertz CT molecular complexity index is 1850. The molecule has 8 nitrogen and oxygen atoms in total. The maximum Gasteiger partial charge on any atom is 0.254 e. The first-order valence-electron chi connectivity index (χ1n) is 17.2. The Morgan fingerprint density at radius 1 is 1.02 bits per heavy atom. The van der Waals surface area contributed by atoms with Gasteiger partial charge in [0.25, 0.3) is 5.91 Å². The Labute approximate surface area is 292 Å². The molecule has 0 aliphatic carbocycles. The maximum absolute atomic E-state index is 14.2. The summed E-state index contributed by atoms with van der Waals surface area (Å²) in [6, 6.07) is 17.3. The number of thiazole rings is 1. The second-order valence-corrected chi connectivity index (χ2v) is 14.4. The molecule has 1 aliphatic rings. The lowest BCUT2D eigenvalue weighted by Gasteiger charge is -2.24. The molecule has 0 unspecified atom stereocenters. The molecule has 1 aliphatic heterocycles. The van der Waals surface area contributed by atoms with Gasteiger partial charge in [-0.25, -0.2) is 9.97 Å². The average molecular weight is 677 g/mol. The fourth-order valence-electron chi connectivity index (χ4n) is 6.70. The number of Topliss-reactive ketones (excluding diaryl/α,β-unsaturated/α-hetero) is 1. The number of hydrogen-bond donors (Lipinski definition) is 1. The molecule has 0 radical (unpaired) electrons. The highest BCUT2D eigenvalue weighted by atomic mass is 32.1. The van der Waals surface area contributed by atoms with Crippen LogP contribution >= 0.6 is 11.3 Å². The van der Waals surface area contributed by atoms with Crippen molar-refractivity contribution in [1.29, 1.82) is 0 Å². The summed E-state index contributed by atoms with van der Waals surface area (Å²) in [7, 11) is 0. The summed E-state index contributed by atoms with van der Waals surface area (Å²) in [6.45, 7) is 6.90. The summed E-state index contributed by atoms with van der Waals surface area (Å²) in [5, 5.41) is 14.5. The van der Waals surface area contributed by atoms with Crippen LogP contribution in [-0.4, -0.2) is 49.3 Å². The van der Waals surface area contributed by atoms with E-state index < -0.39 is 6.10 Å². The topological polar surface area (TPSA) is 109 Å². The quantitative estimate of drug-likeness (QED) is 0.118. The van der Waals surface area contributed by atoms with Gasteiger partial charge in [-0.2, -0.15) is 0 Å². The highest BCUT2D eigenvalue weighted by Gasteiger charge is 2.33. The van der Waals surface area contributed by atoms with Crippen molar-refractivity contribution < 1.29 is 19.1 Å². The van der Waals surface area contributed by atoms with Crippen LogP contribution in [0, 0.1) is 12.8 Å². The highest BCUT2D eigenvalue weighted by molar-refractivity contribution is 7.09. The van der Waals surface area contributed by atoms with Crippen LogP contribution in [0.3, 0.4) is 0 Å². The van der Waals surface area contributed by atoms with Crippen LogP contribution in [0.4, 0.5) is 0 Å². The molecule has 49 heavy (non-hydrogen) atoms. The summed E-state index contributed by atoms with van der Waals surface area (Å²) >= 11 is 1.58. The summed E-state index contributed by atoms with van der Waals surface area (Å²) in [5.41, 5.74) is 5.83. The zero-order valence-electron chi connectivity index (χ0n) is 28.4. The predicted octanol–water partition coefficient (Wildman–Crippen LogP) is 8.42. The molecule has 0 saturated carbocycles. The van der Waals surface area contributed by atoms with E-state index in [0.717, 1.165) is 47.5 Å². The molecule has 1 fully saturated rings. The molecule has 1 N–H and O–H groups in total. The third-order valence-electron chi connectivity index (χ3n) is 9.43. The van der Waals surface area contributed by atoms with Crippen molar-refractivity contribution in [2.24, 2.45) is 5.92 Å². The number of hydrogen-bond acceptors (Lipinski definition) is 8. The summed E-state index contributed by atoms with van der Waals surface area (Å²) < 4.78 is 5.61. The number of carbonyl (C=O) groups excluding carboxylic acids is 2. The van der Waals surface area contributed by atoms with Gasteiger partial charge in [0.2, 0.25) is 0 Å². The van der Waals surface area contributed by atoms with E-state index in [4.69, 9.17) is 4.42 Å². The fourth-order valence-corrected chi connectivity index (χ4v) is 7.64. The van der Waals surface area contributed by atoms with Gasteiger partial charge in [-0.1, -0.05) is 50.2 Å². The fraction of sp³-hybridized carbons (Fsp3) is 0.375. The number of aromatic nitrogens is 3. The number of ketones is 1. The first-order valence-corrected chi connectivity index (χ1v) is 18.1. The Hall–Kier alpha value is -4.47. The van der Waals surface area contributed by atoms with E-state index in [1.165, 1.54) is 12.0 Å². The minimum Gasteiger partial charge on any atom is -0.444 e. The minimum atomic E-state index is -0.684. The number of pyridine rings is 1. The molecular formula is C40H44N4O4S. The molecule has 0 bridgehead atoms. The number of aliphatic hydroxyl groups is 1. The number of aryl methyl sites for hydroxylation is 2. The first-order chi connectivity index (χ1) is 23.7. The number of carbonyl (C=O) groups is 2. The van der Waals surface area contributed by atoms with Gasteiger partial charge in [0, 0.05) is 53.1 Å². The van der Waals surface area contributed by atoms with Crippen LogP contribution in [0.15, 0.2) is 89.4 Å². The van der Waals surface area contributed by atoms with Crippen molar-refractivity contribution in [1.82, 2.24) is 19.9 Å². The molecule has 1 amide bonds. The molecule has 6 rings (SSSR count). The first kappa shape index (κ1) is 34.4. The molecule has 0 spiro atoms. The van der Waals surface area contributed by atoms with Crippen molar-refractivity contribution >= 4 is 23.0 Å². The normalized spacial score (nSPS) is 15.9. The van der Waals surface area contributed by atoms with Gasteiger partial charge in [0.15, 0.2) is 17.9 Å². The van der Waals surface area contributed by atoms with Gasteiger partial charge in [0.05, 0.1) is 18.3 Å². The van der Waals surface area contributed by atoms with Crippen LogP contribution < -0.4 is 0 Å².